The number of piperidine rings is 1. The third kappa shape index (κ3) is 5.45. The monoisotopic (exact) mass is 482 g/mol. The number of nitrogens with zero attached hydrogens (tertiary/aromatic N) is 1. The molecule has 33 heavy (non-hydrogen) atoms. The van der Waals surface area contributed by atoms with Crippen molar-refractivity contribution >= 4 is 15.9 Å². The van der Waals surface area contributed by atoms with Crippen molar-refractivity contribution in [1.82, 2.24) is 9.62 Å². The van der Waals surface area contributed by atoms with Gasteiger partial charge in [0.1, 0.15) is 11.2 Å². The van der Waals surface area contributed by atoms with Crippen LogP contribution in [0.15, 0.2) is 18.2 Å². The van der Waals surface area contributed by atoms with Crippen molar-refractivity contribution in [2.75, 3.05) is 32.6 Å². The highest BCUT2D eigenvalue weighted by Crippen LogP contribution is 2.42. The van der Waals surface area contributed by atoms with Crippen molar-refractivity contribution < 1.29 is 32.5 Å². The van der Waals surface area contributed by atoms with Crippen LogP contribution < -0.4 is 14.2 Å². The molecule has 0 saturated carbocycles. The number of carbonyl (C=O) groups is 1. The Labute approximate surface area is 195 Å². The lowest BCUT2D eigenvalue weighted by Crippen LogP contribution is -2.64. The van der Waals surface area contributed by atoms with E-state index in [-0.39, 0.29) is 24.7 Å². The van der Waals surface area contributed by atoms with E-state index >= 15 is 0 Å². The predicted octanol–water partition coefficient (Wildman–Crippen LogP) is 1.23. The molecule has 1 amide bonds. The van der Waals surface area contributed by atoms with Gasteiger partial charge in [0.25, 0.3) is 5.91 Å². The van der Waals surface area contributed by atoms with Gasteiger partial charge in [0.05, 0.1) is 24.5 Å². The van der Waals surface area contributed by atoms with Gasteiger partial charge in [-0.05, 0) is 46.1 Å². The molecule has 0 bridgehead atoms. The standard InChI is InChI=1S/C23H34N2O7S/c1-21(2)12-16-6-5-7-17(20(16)32-21)30-14-19(26)25-10-8-23(9-11-25)13-18(24-33(4,28)29)22(3,27)15-31-23/h5-7,18,24,27H,8-15H2,1-4H3/t18-,22-/m0/s1. The molecule has 1 aromatic rings. The van der Waals surface area contributed by atoms with Crippen molar-refractivity contribution in [3.05, 3.63) is 23.8 Å². The van der Waals surface area contributed by atoms with E-state index in [2.05, 4.69) is 4.72 Å². The number of rotatable bonds is 5. The second-order valence-electron chi connectivity index (χ2n) is 10.4. The maximum Gasteiger partial charge on any atom is 0.260 e. The van der Waals surface area contributed by atoms with E-state index in [0.29, 0.717) is 43.9 Å². The average molecular weight is 483 g/mol. The normalized spacial score (nSPS) is 28.3. The van der Waals surface area contributed by atoms with Gasteiger partial charge in [-0.15, -0.1) is 0 Å². The number of aliphatic hydroxyl groups is 1. The molecule has 1 aromatic carbocycles. The molecular weight excluding hydrogens is 448 g/mol. The summed E-state index contributed by atoms with van der Waals surface area (Å²) in [4.78, 5) is 14.6. The van der Waals surface area contributed by atoms with Crippen molar-refractivity contribution in [1.29, 1.82) is 0 Å². The Balaban J connectivity index is 1.33. The zero-order valence-corrected chi connectivity index (χ0v) is 20.5. The first-order chi connectivity index (χ1) is 15.3. The highest BCUT2D eigenvalue weighted by Gasteiger charge is 2.49. The minimum atomic E-state index is -3.48. The molecule has 0 aliphatic carbocycles. The molecule has 184 valence electrons. The lowest BCUT2D eigenvalue weighted by atomic mass is 9.78. The van der Waals surface area contributed by atoms with Gasteiger partial charge in [-0.25, -0.2) is 13.1 Å². The van der Waals surface area contributed by atoms with Crippen LogP contribution in [0.25, 0.3) is 0 Å². The number of hydrogen-bond acceptors (Lipinski definition) is 7. The molecule has 0 aromatic heterocycles. The second-order valence-corrected chi connectivity index (χ2v) is 12.2. The number of fused-ring (bicyclic) bond motifs is 1. The quantitative estimate of drug-likeness (QED) is 0.649. The van der Waals surface area contributed by atoms with Gasteiger partial charge in [0, 0.05) is 25.1 Å². The largest absolute Gasteiger partial charge is 0.483 e. The molecule has 2 fully saturated rings. The van der Waals surface area contributed by atoms with Crippen LogP contribution in [0, 0.1) is 0 Å². The number of para-hydroxylation sites is 1. The number of amides is 1. The molecule has 3 heterocycles. The molecule has 10 heteroatoms. The number of ether oxygens (including phenoxy) is 3. The Morgan fingerprint density at radius 3 is 2.64 bits per heavy atom. The molecular formula is C23H34N2O7S. The first-order valence-corrected chi connectivity index (χ1v) is 13.2. The number of nitrogens with one attached hydrogen (secondary N) is 1. The molecule has 3 aliphatic heterocycles. The first kappa shape index (κ1) is 24.3. The lowest BCUT2D eigenvalue weighted by molar-refractivity contribution is -0.191. The summed E-state index contributed by atoms with van der Waals surface area (Å²) in [6, 6.07) is 5.09. The van der Waals surface area contributed by atoms with Crippen LogP contribution in [0.4, 0.5) is 0 Å². The highest BCUT2D eigenvalue weighted by molar-refractivity contribution is 7.88. The highest BCUT2D eigenvalue weighted by atomic mass is 32.2. The van der Waals surface area contributed by atoms with Gasteiger partial charge in [0.2, 0.25) is 10.0 Å². The zero-order valence-electron chi connectivity index (χ0n) is 19.7. The van der Waals surface area contributed by atoms with E-state index in [1.54, 1.807) is 11.8 Å². The van der Waals surface area contributed by atoms with Gasteiger partial charge < -0.3 is 24.2 Å². The van der Waals surface area contributed by atoms with E-state index in [1.165, 1.54) is 0 Å². The molecule has 9 nitrogen and oxygen atoms in total. The Morgan fingerprint density at radius 1 is 1.27 bits per heavy atom. The predicted molar refractivity (Wildman–Crippen MR) is 122 cm³/mol. The summed E-state index contributed by atoms with van der Waals surface area (Å²) in [5.74, 6) is 1.17. The van der Waals surface area contributed by atoms with Crippen molar-refractivity contribution in [2.24, 2.45) is 0 Å². The van der Waals surface area contributed by atoms with E-state index in [4.69, 9.17) is 14.2 Å². The number of sulfonamides is 1. The smallest absolute Gasteiger partial charge is 0.260 e. The van der Waals surface area contributed by atoms with Crippen molar-refractivity contribution in [2.45, 2.75) is 69.3 Å². The number of carbonyl (C=O) groups excluding carboxylic acids is 1. The Kier molecular flexibility index (Phi) is 6.18. The summed E-state index contributed by atoms with van der Waals surface area (Å²) in [6.45, 7) is 6.53. The number of hydrogen-bond donors (Lipinski definition) is 2. The summed E-state index contributed by atoms with van der Waals surface area (Å²) in [5, 5.41) is 10.6. The van der Waals surface area contributed by atoms with Gasteiger partial charge in [-0.2, -0.15) is 0 Å². The van der Waals surface area contributed by atoms with Crippen molar-refractivity contribution in [3.8, 4) is 11.5 Å². The van der Waals surface area contributed by atoms with Gasteiger partial charge in [-0.1, -0.05) is 12.1 Å². The maximum atomic E-state index is 12.8. The van der Waals surface area contributed by atoms with Gasteiger partial charge in [0.15, 0.2) is 18.1 Å². The fourth-order valence-corrected chi connectivity index (χ4v) is 5.78. The van der Waals surface area contributed by atoms with Crippen molar-refractivity contribution in [3.63, 3.8) is 0 Å². The Morgan fingerprint density at radius 2 is 1.97 bits per heavy atom. The zero-order chi connectivity index (χ0) is 24.1. The first-order valence-electron chi connectivity index (χ1n) is 11.3. The topological polar surface area (TPSA) is 114 Å². The van der Waals surface area contributed by atoms with Gasteiger partial charge >= 0.3 is 0 Å². The van der Waals surface area contributed by atoms with Crippen LogP contribution in [-0.4, -0.2) is 79.7 Å². The molecule has 4 rings (SSSR count). The molecule has 0 radical (unpaired) electrons. The summed E-state index contributed by atoms with van der Waals surface area (Å²) in [7, 11) is -3.48. The van der Waals surface area contributed by atoms with E-state index in [9.17, 15) is 18.3 Å². The van der Waals surface area contributed by atoms with Crippen LogP contribution >= 0.6 is 0 Å². The van der Waals surface area contributed by atoms with Crippen LogP contribution in [0.5, 0.6) is 11.5 Å². The Bertz CT molecular complexity index is 1010. The minimum Gasteiger partial charge on any atom is -0.483 e. The fourth-order valence-electron chi connectivity index (χ4n) is 4.92. The minimum absolute atomic E-state index is 0.0344. The molecule has 2 saturated heterocycles. The summed E-state index contributed by atoms with van der Waals surface area (Å²) in [6.07, 6.45) is 3.36. The van der Waals surface area contributed by atoms with E-state index < -0.39 is 27.3 Å². The number of benzene rings is 1. The summed E-state index contributed by atoms with van der Waals surface area (Å²) in [5.41, 5.74) is -1.07. The fraction of sp³-hybridized carbons (Fsp3) is 0.696. The molecule has 2 N–H and O–H groups in total. The van der Waals surface area contributed by atoms with Crippen LogP contribution in [-0.2, 0) is 26.0 Å². The van der Waals surface area contributed by atoms with E-state index in [0.717, 1.165) is 18.2 Å². The summed E-state index contributed by atoms with van der Waals surface area (Å²) >= 11 is 0. The molecule has 2 atom stereocenters. The average Bonchev–Trinajstić information content (AvgIpc) is 3.03. The van der Waals surface area contributed by atoms with Crippen LogP contribution in [0.2, 0.25) is 0 Å². The van der Waals surface area contributed by atoms with Crippen LogP contribution in [0.1, 0.15) is 45.6 Å². The third-order valence-electron chi connectivity index (χ3n) is 6.79. The van der Waals surface area contributed by atoms with Crippen LogP contribution in [0.3, 0.4) is 0 Å². The lowest BCUT2D eigenvalue weighted by Gasteiger charge is -2.50. The molecule has 1 spiro atoms. The van der Waals surface area contributed by atoms with Gasteiger partial charge in [-0.3, -0.25) is 4.79 Å². The summed E-state index contributed by atoms with van der Waals surface area (Å²) < 4.78 is 43.9. The van der Waals surface area contributed by atoms with E-state index in [1.807, 2.05) is 32.0 Å². The SMILES string of the molecule is CC1(C)Cc2cccc(OCC(=O)N3CCC4(CC3)C[C@H](NS(C)(=O)=O)[C@@](C)(O)CO4)c2O1. The second kappa shape index (κ2) is 8.41. The Hall–Kier alpha value is -1.88. The number of likely N-dealkylation sites (tertiary alicyclic amines) is 1. The molecule has 3 aliphatic rings. The molecule has 0 unspecified atom stereocenters. The third-order valence-corrected chi connectivity index (χ3v) is 7.50. The maximum absolute atomic E-state index is 12.8.